The molecule has 0 bridgehead atoms. The number of carbonyl (C=O) groups is 3. The van der Waals surface area contributed by atoms with E-state index in [2.05, 4.69) is 52.9 Å². The van der Waals surface area contributed by atoms with Gasteiger partial charge >= 0.3 is 25.7 Å². The molecule has 0 unspecified atom stereocenters. The summed E-state index contributed by atoms with van der Waals surface area (Å²) < 4.78 is 59.0. The number of allylic oxidation sites excluding steroid dienone is 1. The van der Waals surface area contributed by atoms with Crippen molar-refractivity contribution in [2.75, 3.05) is 4.90 Å². The Balaban J connectivity index is 0.000000265. The molecular formula is C44H33F3N8O7RuS. The molecule has 0 fully saturated rings. The molecule has 0 saturated heterocycles. The molecular weight excluding hydrogens is 943 g/mol. The molecule has 4 aromatic heterocycles. The van der Waals surface area contributed by atoms with Gasteiger partial charge in [-0.05, 0) is 65.6 Å². The van der Waals surface area contributed by atoms with Crippen LogP contribution in [0.3, 0.4) is 0 Å². The van der Waals surface area contributed by atoms with E-state index >= 15 is 0 Å². The van der Waals surface area contributed by atoms with Gasteiger partial charge in [-0.1, -0.05) is 51.2 Å². The second kappa shape index (κ2) is 22.0. The number of alkyl halides is 3. The molecule has 5 heterocycles. The monoisotopic (exact) mass is 976 g/mol. The number of isothiocyanates is 1. The Bertz CT molecular complexity index is 2660. The van der Waals surface area contributed by atoms with Crippen molar-refractivity contribution in [3.8, 4) is 51.5 Å². The largest absolute Gasteiger partial charge is 2.00 e. The first-order valence-electron chi connectivity index (χ1n) is 18.1. The molecule has 1 aliphatic rings. The molecule has 1 aliphatic heterocycles. The van der Waals surface area contributed by atoms with Crippen molar-refractivity contribution in [3.63, 3.8) is 0 Å². The Hall–Kier alpha value is -7.53. The zero-order valence-electron chi connectivity index (χ0n) is 33.6. The second-order valence-corrected chi connectivity index (χ2v) is 13.9. The number of nitrogens with one attached hydrogen (secondary N) is 2. The van der Waals surface area contributed by atoms with E-state index < -0.39 is 17.6 Å². The van der Waals surface area contributed by atoms with Crippen LogP contribution in [-0.2, 0) is 39.3 Å². The first kappa shape index (κ1) is 49.1. The van der Waals surface area contributed by atoms with Crippen LogP contribution < -0.4 is 23.8 Å². The van der Waals surface area contributed by atoms with E-state index in [-0.39, 0.29) is 54.3 Å². The number of hydrogen-bond donors (Lipinski definition) is 1. The smallest absolute Gasteiger partial charge is 0.753 e. The normalized spacial score (nSPS) is 11.4. The summed E-state index contributed by atoms with van der Waals surface area (Å²) >= 11 is 3.70. The van der Waals surface area contributed by atoms with Crippen LogP contribution in [-0.4, -0.2) is 56.4 Å². The maximum atomic E-state index is 12.7. The van der Waals surface area contributed by atoms with E-state index in [0.717, 1.165) is 16.9 Å². The number of ether oxygens (including phenoxy) is 4. The van der Waals surface area contributed by atoms with Crippen molar-refractivity contribution >= 4 is 65.3 Å². The fourth-order valence-electron chi connectivity index (χ4n) is 5.76. The van der Waals surface area contributed by atoms with E-state index in [1.807, 2.05) is 47.4 Å². The van der Waals surface area contributed by atoms with Crippen LogP contribution in [0.2, 0.25) is 0 Å². The van der Waals surface area contributed by atoms with Gasteiger partial charge in [0.25, 0.3) is 19.4 Å². The van der Waals surface area contributed by atoms with Crippen LogP contribution in [0.5, 0.6) is 28.7 Å². The Morgan fingerprint density at radius 2 is 1.27 bits per heavy atom. The molecule has 326 valence electrons. The van der Waals surface area contributed by atoms with Crippen LogP contribution in [0.4, 0.5) is 30.2 Å². The summed E-state index contributed by atoms with van der Waals surface area (Å²) in [5, 5.41) is 15.6. The molecule has 15 nitrogen and oxygen atoms in total. The third-order valence-corrected chi connectivity index (χ3v) is 8.60. The number of pyridine rings is 4. The summed E-state index contributed by atoms with van der Waals surface area (Å²) in [5.74, 6) is 2.05. The fraction of sp³-hybridized carbons (Fsp3) is 0.114. The standard InChI is InChI=1S/C25H22F3N4O.C18H11N3O6.CNS.Ru/c1-24(2,3)15-8-9-20-22(12-15)33-21-7-5-4-6-19(21)32(20)16-10-11-31-18(13-16)17(29)14-23(30)25(26,27)28;22-9-25-12-1-3-19-15(5-12)17-7-14(27-11-24)8-18(21-17)16-6-13(26-10-23)2-4-20-16;2-1-3;/h4-14,29-30H,1-3H3;1-11H;;/q-1;;-1;+2/b17-14-,30-23?;;;. The van der Waals surface area contributed by atoms with Gasteiger partial charge in [-0.15, -0.1) is 5.70 Å². The molecule has 0 atom stereocenters. The molecule has 20 heteroatoms. The summed E-state index contributed by atoms with van der Waals surface area (Å²) in [6.45, 7) is 7.21. The van der Waals surface area contributed by atoms with Gasteiger partial charge in [0, 0.05) is 48.5 Å². The third-order valence-electron chi connectivity index (χ3n) is 8.60. The molecule has 2 aromatic carbocycles. The number of benzene rings is 2. The summed E-state index contributed by atoms with van der Waals surface area (Å²) in [6.07, 6.45) is -0.0373. The SMILES string of the molecule is CC(C)(C)c1ccc2c(c1)Oc1ccccc1N2c1ccnc(/C([NH-])=C/C(=N)C(F)(F)F)c1.O=COc1ccnc(-c2cc(OC=O)cc(-c3cc(OC=O)ccn3)n2)c1.[N-]=C=S.[Ru+2]. The zero-order chi connectivity index (χ0) is 45.7. The minimum absolute atomic E-state index is 0. The van der Waals surface area contributed by atoms with Gasteiger partial charge in [-0.3, -0.25) is 34.7 Å². The van der Waals surface area contributed by atoms with E-state index in [1.54, 1.807) is 6.07 Å². The van der Waals surface area contributed by atoms with Crippen LogP contribution in [0, 0.1) is 5.41 Å². The average Bonchev–Trinajstić information content (AvgIpc) is 3.25. The van der Waals surface area contributed by atoms with Gasteiger partial charge in [0.2, 0.25) is 0 Å². The number of hydrogen-bond acceptors (Lipinski definition) is 14. The van der Waals surface area contributed by atoms with Gasteiger partial charge in [0.1, 0.15) is 23.0 Å². The predicted molar refractivity (Wildman–Crippen MR) is 231 cm³/mol. The number of anilines is 3. The van der Waals surface area contributed by atoms with Crippen LogP contribution in [0.1, 0.15) is 32.0 Å². The first-order valence-corrected chi connectivity index (χ1v) is 18.5. The molecule has 0 radical (unpaired) electrons. The minimum Gasteiger partial charge on any atom is -0.753 e. The Morgan fingerprint density at radius 1 is 0.750 bits per heavy atom. The number of aromatic nitrogens is 4. The summed E-state index contributed by atoms with van der Waals surface area (Å²) in [4.78, 5) is 50.6. The van der Waals surface area contributed by atoms with E-state index in [0.29, 0.717) is 59.0 Å². The predicted octanol–water partition coefficient (Wildman–Crippen LogP) is 10.4. The van der Waals surface area contributed by atoms with Gasteiger partial charge < -0.3 is 35.0 Å². The van der Waals surface area contributed by atoms with Gasteiger partial charge in [0.15, 0.2) is 11.5 Å². The maximum Gasteiger partial charge on any atom is 2.00 e. The van der Waals surface area contributed by atoms with E-state index in [1.165, 1.54) is 66.2 Å². The second-order valence-electron chi connectivity index (χ2n) is 13.8. The number of carbonyl (C=O) groups excluding carboxylic acids is 3. The average molecular weight is 976 g/mol. The molecule has 6 aromatic rings. The number of para-hydroxylation sites is 2. The van der Waals surface area contributed by atoms with Gasteiger partial charge in [-0.25, -0.2) is 4.98 Å². The Labute approximate surface area is 381 Å². The topological polar surface area (TPSA) is 213 Å². The first-order chi connectivity index (χ1) is 30.1. The van der Waals surface area contributed by atoms with Crippen molar-refractivity contribution in [1.29, 1.82) is 5.41 Å². The minimum atomic E-state index is -4.82. The Kier molecular flexibility index (Phi) is 16.9. The number of thiocarbonyl (C=S) groups is 1. The molecule has 7 rings (SSSR count). The van der Waals surface area contributed by atoms with Crippen molar-refractivity contribution < 1.29 is 66.0 Å². The summed E-state index contributed by atoms with van der Waals surface area (Å²) in [5.41, 5.74) is 10.6. The summed E-state index contributed by atoms with van der Waals surface area (Å²) in [7, 11) is 0. The number of halogens is 3. The van der Waals surface area contributed by atoms with E-state index in [4.69, 9.17) is 35.5 Å². The maximum absolute atomic E-state index is 12.7. The number of fused-ring (bicyclic) bond motifs is 2. The molecule has 0 amide bonds. The van der Waals surface area contributed by atoms with Crippen molar-refractivity contribution in [1.82, 2.24) is 19.9 Å². The molecule has 64 heavy (non-hydrogen) atoms. The fourth-order valence-corrected chi connectivity index (χ4v) is 5.76. The molecule has 0 aliphatic carbocycles. The van der Waals surface area contributed by atoms with Crippen molar-refractivity contribution in [2.24, 2.45) is 0 Å². The molecule has 2 N–H and O–H groups in total. The number of rotatable bonds is 11. The Morgan fingerprint density at radius 3 is 1.81 bits per heavy atom. The van der Waals surface area contributed by atoms with Gasteiger partial charge in [0.05, 0.1) is 39.8 Å². The zero-order valence-corrected chi connectivity index (χ0v) is 36.2. The molecule has 0 spiro atoms. The van der Waals surface area contributed by atoms with Crippen LogP contribution >= 0.6 is 12.2 Å². The van der Waals surface area contributed by atoms with Crippen LogP contribution in [0.15, 0.2) is 116 Å². The summed E-state index contributed by atoms with van der Waals surface area (Å²) in [6, 6.07) is 25.7. The quantitative estimate of drug-likeness (QED) is 0.0554. The molecule has 0 saturated carbocycles. The van der Waals surface area contributed by atoms with Crippen molar-refractivity contribution in [3.05, 3.63) is 138 Å². The third kappa shape index (κ3) is 12.5. The van der Waals surface area contributed by atoms with Crippen molar-refractivity contribution in [2.45, 2.75) is 32.4 Å². The van der Waals surface area contributed by atoms with Gasteiger partial charge in [-0.2, -0.15) is 18.3 Å². The van der Waals surface area contributed by atoms with Crippen LogP contribution in [0.25, 0.3) is 39.6 Å². The number of nitrogens with zero attached hydrogens (tertiary/aromatic N) is 6. The van der Waals surface area contributed by atoms with E-state index in [9.17, 15) is 27.6 Å².